The topological polar surface area (TPSA) is 29.1 Å². The number of carbonyl (C=O) groups is 1. The first-order chi connectivity index (χ1) is 10.1. The molecule has 21 heavy (non-hydrogen) atoms. The number of hydrogen-bond acceptors (Lipinski definition) is 1. The molecule has 0 aliphatic rings. The second kappa shape index (κ2) is 6.95. The van der Waals surface area contributed by atoms with E-state index in [0.717, 1.165) is 23.8 Å². The monoisotopic (exact) mass is 303 g/mol. The fraction of sp³-hybridized carbons (Fsp3) is 0.389. The van der Waals surface area contributed by atoms with Crippen molar-refractivity contribution in [1.29, 1.82) is 0 Å². The molecule has 2 aromatic carbocycles. The molecule has 0 aliphatic heterocycles. The normalized spacial score (nSPS) is 11.6. The SMILES string of the molecule is CCC(CC)(CCl)NC(=O)Cc1ccc2ccccc2c1. The largest absolute Gasteiger partial charge is 0.349 e. The highest BCUT2D eigenvalue weighted by atomic mass is 35.5. The van der Waals surface area contributed by atoms with Crippen LogP contribution in [0.2, 0.25) is 0 Å². The van der Waals surface area contributed by atoms with Gasteiger partial charge in [0.15, 0.2) is 0 Å². The van der Waals surface area contributed by atoms with E-state index in [0.29, 0.717) is 12.3 Å². The van der Waals surface area contributed by atoms with Gasteiger partial charge in [-0.2, -0.15) is 0 Å². The second-order valence-corrected chi connectivity index (χ2v) is 5.79. The average Bonchev–Trinajstić information content (AvgIpc) is 2.52. The second-order valence-electron chi connectivity index (χ2n) is 5.53. The van der Waals surface area contributed by atoms with Crippen LogP contribution in [0.1, 0.15) is 32.3 Å². The van der Waals surface area contributed by atoms with Crippen molar-refractivity contribution in [2.24, 2.45) is 0 Å². The van der Waals surface area contributed by atoms with Crippen LogP contribution in [0.5, 0.6) is 0 Å². The van der Waals surface area contributed by atoms with Crippen molar-refractivity contribution in [3.63, 3.8) is 0 Å². The molecule has 2 nitrogen and oxygen atoms in total. The molecule has 0 aliphatic carbocycles. The number of amides is 1. The predicted molar refractivity (Wildman–Crippen MR) is 89.8 cm³/mol. The fourth-order valence-electron chi connectivity index (χ4n) is 2.52. The Balaban J connectivity index is 2.10. The zero-order valence-electron chi connectivity index (χ0n) is 12.7. The van der Waals surface area contributed by atoms with Crippen molar-refractivity contribution in [1.82, 2.24) is 5.32 Å². The highest BCUT2D eigenvalue weighted by Crippen LogP contribution is 2.19. The third kappa shape index (κ3) is 3.76. The van der Waals surface area contributed by atoms with Gasteiger partial charge in [0.1, 0.15) is 0 Å². The lowest BCUT2D eigenvalue weighted by molar-refractivity contribution is -0.122. The summed E-state index contributed by atoms with van der Waals surface area (Å²) in [5.74, 6) is 0.485. The molecule has 1 amide bonds. The van der Waals surface area contributed by atoms with Crippen LogP contribution < -0.4 is 5.32 Å². The summed E-state index contributed by atoms with van der Waals surface area (Å²) >= 11 is 6.04. The van der Waals surface area contributed by atoms with Gasteiger partial charge in [-0.05, 0) is 29.2 Å². The molecule has 2 rings (SSSR count). The lowest BCUT2D eigenvalue weighted by Gasteiger charge is -2.30. The van der Waals surface area contributed by atoms with E-state index in [-0.39, 0.29) is 11.4 Å². The summed E-state index contributed by atoms with van der Waals surface area (Å²) in [6.07, 6.45) is 2.08. The van der Waals surface area contributed by atoms with Gasteiger partial charge in [-0.25, -0.2) is 0 Å². The molecular weight excluding hydrogens is 282 g/mol. The summed E-state index contributed by atoms with van der Waals surface area (Å²) in [5, 5.41) is 5.46. The standard InChI is InChI=1S/C18H22ClNO/c1-3-18(4-2,13-19)20-17(21)12-14-9-10-15-7-5-6-8-16(15)11-14/h5-11H,3-4,12-13H2,1-2H3,(H,20,21). The third-order valence-electron chi connectivity index (χ3n) is 4.19. The first-order valence-corrected chi connectivity index (χ1v) is 8.00. The summed E-state index contributed by atoms with van der Waals surface area (Å²) < 4.78 is 0. The maximum Gasteiger partial charge on any atom is 0.224 e. The van der Waals surface area contributed by atoms with Gasteiger partial charge in [-0.1, -0.05) is 56.3 Å². The van der Waals surface area contributed by atoms with Crippen LogP contribution in [0.25, 0.3) is 10.8 Å². The Labute approximate surface area is 131 Å². The first-order valence-electron chi connectivity index (χ1n) is 7.47. The van der Waals surface area contributed by atoms with Crippen molar-refractivity contribution >= 4 is 28.3 Å². The minimum absolute atomic E-state index is 0.0367. The van der Waals surface area contributed by atoms with E-state index < -0.39 is 0 Å². The lowest BCUT2D eigenvalue weighted by Crippen LogP contribution is -2.49. The number of carbonyl (C=O) groups excluding carboxylic acids is 1. The minimum atomic E-state index is -0.282. The Bertz CT molecular complexity index is 611. The first kappa shape index (κ1) is 15.8. The maximum atomic E-state index is 12.3. The van der Waals surface area contributed by atoms with Crippen LogP contribution in [0.4, 0.5) is 0 Å². The van der Waals surface area contributed by atoms with Gasteiger partial charge in [-0.3, -0.25) is 4.79 Å². The van der Waals surface area contributed by atoms with Crippen molar-refractivity contribution in [2.45, 2.75) is 38.6 Å². The molecule has 2 aromatic rings. The number of halogens is 1. The molecular formula is C18H22ClNO. The van der Waals surface area contributed by atoms with E-state index in [1.807, 2.05) is 18.2 Å². The molecule has 0 unspecified atom stereocenters. The Hall–Kier alpha value is -1.54. The molecule has 3 heteroatoms. The smallest absolute Gasteiger partial charge is 0.224 e. The van der Waals surface area contributed by atoms with Crippen molar-refractivity contribution < 1.29 is 4.79 Å². The van der Waals surface area contributed by atoms with Gasteiger partial charge in [-0.15, -0.1) is 11.6 Å². The molecule has 0 spiro atoms. The molecule has 0 saturated carbocycles. The van der Waals surface area contributed by atoms with E-state index in [9.17, 15) is 4.79 Å². The fourth-order valence-corrected chi connectivity index (χ4v) is 2.97. The molecule has 0 saturated heterocycles. The van der Waals surface area contributed by atoms with Crippen molar-refractivity contribution in [3.8, 4) is 0 Å². The number of nitrogens with one attached hydrogen (secondary N) is 1. The summed E-state index contributed by atoms with van der Waals surface area (Å²) in [5.41, 5.74) is 0.747. The summed E-state index contributed by atoms with van der Waals surface area (Å²) in [6.45, 7) is 4.12. The average molecular weight is 304 g/mol. The quantitative estimate of drug-likeness (QED) is 0.792. The highest BCUT2D eigenvalue weighted by molar-refractivity contribution is 6.18. The molecule has 0 heterocycles. The number of alkyl halides is 1. The van der Waals surface area contributed by atoms with Crippen molar-refractivity contribution in [2.75, 3.05) is 5.88 Å². The molecule has 0 atom stereocenters. The zero-order chi connectivity index (χ0) is 15.3. The van der Waals surface area contributed by atoms with Crippen LogP contribution in [0.3, 0.4) is 0 Å². The third-order valence-corrected chi connectivity index (χ3v) is 4.70. The van der Waals surface area contributed by atoms with Crippen molar-refractivity contribution in [3.05, 3.63) is 48.0 Å². The summed E-state index contributed by atoms with van der Waals surface area (Å²) in [7, 11) is 0. The zero-order valence-corrected chi connectivity index (χ0v) is 13.4. The number of hydrogen-bond donors (Lipinski definition) is 1. The van der Waals surface area contributed by atoms with E-state index in [1.54, 1.807) is 0 Å². The van der Waals surface area contributed by atoms with Crippen LogP contribution in [0.15, 0.2) is 42.5 Å². The molecule has 112 valence electrons. The van der Waals surface area contributed by atoms with Gasteiger partial charge in [0.25, 0.3) is 0 Å². The molecule has 0 aromatic heterocycles. The molecule has 0 radical (unpaired) electrons. The van der Waals surface area contributed by atoms with E-state index in [4.69, 9.17) is 11.6 Å². The lowest BCUT2D eigenvalue weighted by atomic mass is 9.94. The summed E-state index contributed by atoms with van der Waals surface area (Å²) in [6, 6.07) is 14.3. The van der Waals surface area contributed by atoms with E-state index in [1.165, 1.54) is 5.39 Å². The Morgan fingerprint density at radius 1 is 1.10 bits per heavy atom. The van der Waals surface area contributed by atoms with Crippen LogP contribution >= 0.6 is 11.6 Å². The van der Waals surface area contributed by atoms with E-state index >= 15 is 0 Å². The van der Waals surface area contributed by atoms with Gasteiger partial charge < -0.3 is 5.32 Å². The minimum Gasteiger partial charge on any atom is -0.349 e. The van der Waals surface area contributed by atoms with Crippen LogP contribution in [0, 0.1) is 0 Å². The van der Waals surface area contributed by atoms with E-state index in [2.05, 4.69) is 43.4 Å². The molecule has 1 N–H and O–H groups in total. The highest BCUT2D eigenvalue weighted by Gasteiger charge is 2.26. The Morgan fingerprint density at radius 3 is 2.38 bits per heavy atom. The van der Waals surface area contributed by atoms with Crippen LogP contribution in [-0.4, -0.2) is 17.3 Å². The number of rotatable bonds is 6. The van der Waals surface area contributed by atoms with Gasteiger partial charge >= 0.3 is 0 Å². The molecule has 0 fully saturated rings. The Morgan fingerprint density at radius 2 is 1.76 bits per heavy atom. The molecule has 0 bridgehead atoms. The summed E-state index contributed by atoms with van der Waals surface area (Å²) in [4.78, 5) is 12.3. The number of benzene rings is 2. The van der Waals surface area contributed by atoms with Gasteiger partial charge in [0.2, 0.25) is 5.91 Å². The van der Waals surface area contributed by atoms with Gasteiger partial charge in [0.05, 0.1) is 12.0 Å². The number of fused-ring (bicyclic) bond motifs is 1. The maximum absolute atomic E-state index is 12.3. The van der Waals surface area contributed by atoms with Crippen LogP contribution in [-0.2, 0) is 11.2 Å². The van der Waals surface area contributed by atoms with Gasteiger partial charge in [0, 0.05) is 5.88 Å². The Kier molecular flexibility index (Phi) is 5.24. The predicted octanol–water partition coefficient (Wildman–Crippen LogP) is 4.30.